The summed E-state index contributed by atoms with van der Waals surface area (Å²) in [7, 11) is -3.84. The lowest BCUT2D eigenvalue weighted by atomic mass is 9.90. The number of anilines is 1. The van der Waals surface area contributed by atoms with E-state index in [1.165, 1.54) is 61.1 Å². The first kappa shape index (κ1) is 30.7. The Morgan fingerprint density at radius 3 is 2.31 bits per heavy atom. The van der Waals surface area contributed by atoms with Gasteiger partial charge in [-0.1, -0.05) is 11.6 Å². The van der Waals surface area contributed by atoms with Gasteiger partial charge in [-0.3, -0.25) is 14.3 Å². The lowest BCUT2D eigenvalue weighted by molar-refractivity contribution is 0.103. The number of aromatic nitrogens is 1. The van der Waals surface area contributed by atoms with E-state index >= 15 is 4.39 Å². The van der Waals surface area contributed by atoms with E-state index in [-0.39, 0.29) is 33.7 Å². The Bertz CT molecular complexity index is 1600. The van der Waals surface area contributed by atoms with Crippen LogP contribution in [0.3, 0.4) is 0 Å². The number of pyridine rings is 1. The fourth-order valence-electron chi connectivity index (χ4n) is 3.69. The molecule has 1 heterocycles. The zero-order valence-electron chi connectivity index (χ0n) is 22.5. The first-order valence-electron chi connectivity index (χ1n) is 12.1. The van der Waals surface area contributed by atoms with Gasteiger partial charge in [0.15, 0.2) is 5.78 Å². The number of carbonyl (C=O) groups excluding carboxylic acids is 1. The molecule has 2 atom stereocenters. The van der Waals surface area contributed by atoms with Crippen LogP contribution < -0.4 is 15.0 Å². The molecule has 39 heavy (non-hydrogen) atoms. The summed E-state index contributed by atoms with van der Waals surface area (Å²) in [5.41, 5.74) is 0.410. The lowest BCUT2D eigenvalue weighted by Crippen LogP contribution is -2.35. The largest absolute Gasteiger partial charge is 0.318 e. The van der Waals surface area contributed by atoms with E-state index in [0.717, 1.165) is 6.07 Å². The van der Waals surface area contributed by atoms with Gasteiger partial charge in [0.25, 0.3) is 5.56 Å². The van der Waals surface area contributed by atoms with Gasteiger partial charge in [-0.2, -0.15) is 0 Å². The van der Waals surface area contributed by atoms with Gasteiger partial charge >= 0.3 is 0 Å². The van der Waals surface area contributed by atoms with Crippen molar-refractivity contribution in [2.45, 2.75) is 45.4 Å². The van der Waals surface area contributed by atoms with Crippen LogP contribution in [-0.2, 0) is 28.1 Å². The molecule has 0 aliphatic carbocycles. The summed E-state index contributed by atoms with van der Waals surface area (Å²) in [6.07, 6.45) is 1.49. The second-order valence-corrected chi connectivity index (χ2v) is 14.5. The van der Waals surface area contributed by atoms with Crippen molar-refractivity contribution in [3.63, 3.8) is 0 Å². The zero-order valence-corrected chi connectivity index (χ0v) is 24.9. The van der Waals surface area contributed by atoms with E-state index in [9.17, 15) is 22.2 Å². The number of carbonyl (C=O) groups is 1. The summed E-state index contributed by atoms with van der Waals surface area (Å²) in [6, 6.07) is 8.98. The molecule has 0 saturated carbocycles. The average Bonchev–Trinajstić information content (AvgIpc) is 2.85. The van der Waals surface area contributed by atoms with E-state index < -0.39 is 43.4 Å². The zero-order chi connectivity index (χ0) is 29.3. The molecule has 8 nitrogen and oxygen atoms in total. The molecule has 0 saturated heterocycles. The van der Waals surface area contributed by atoms with Gasteiger partial charge in [0.2, 0.25) is 10.0 Å². The number of halogens is 2. The Labute approximate surface area is 235 Å². The number of hydrogen-bond donors (Lipinski definition) is 2. The second kappa shape index (κ2) is 11.7. The second-order valence-electron chi connectivity index (χ2n) is 10.0. The summed E-state index contributed by atoms with van der Waals surface area (Å²) < 4.78 is 58.6. The number of nitrogens with one attached hydrogen (secondary N) is 2. The first-order chi connectivity index (χ1) is 18.0. The molecule has 2 aromatic carbocycles. The van der Waals surface area contributed by atoms with Gasteiger partial charge in [-0.15, -0.1) is 0 Å². The molecular weight excluding hydrogens is 565 g/mol. The molecule has 0 fully saturated rings. The van der Waals surface area contributed by atoms with Crippen molar-refractivity contribution in [1.29, 1.82) is 0 Å². The van der Waals surface area contributed by atoms with Crippen LogP contribution in [0.2, 0.25) is 5.02 Å². The van der Waals surface area contributed by atoms with Gasteiger partial charge in [0, 0.05) is 47.1 Å². The summed E-state index contributed by atoms with van der Waals surface area (Å²) in [6.45, 7) is 8.51. The van der Waals surface area contributed by atoms with Crippen molar-refractivity contribution in [3.05, 3.63) is 86.5 Å². The summed E-state index contributed by atoms with van der Waals surface area (Å²) in [5.74, 6) is -1.78. The summed E-state index contributed by atoms with van der Waals surface area (Å²) in [5, 5.41) is 0.411. The minimum atomic E-state index is -3.85. The molecule has 1 aromatic heterocycles. The molecule has 0 amide bonds. The van der Waals surface area contributed by atoms with Crippen molar-refractivity contribution < 1.29 is 21.8 Å². The molecule has 3 rings (SSSR count). The molecule has 0 spiro atoms. The number of aryl methyl sites for hydroxylation is 1. The molecule has 0 radical (unpaired) electrons. The van der Waals surface area contributed by atoms with Crippen LogP contribution in [0.15, 0.2) is 53.5 Å². The number of hydrogen-bond acceptors (Lipinski definition) is 5. The third-order valence-electron chi connectivity index (χ3n) is 5.96. The van der Waals surface area contributed by atoms with E-state index in [2.05, 4.69) is 9.44 Å². The predicted molar refractivity (Wildman–Crippen MR) is 154 cm³/mol. The Balaban J connectivity index is 2.32. The monoisotopic (exact) mass is 595 g/mol. The van der Waals surface area contributed by atoms with Crippen LogP contribution in [0.4, 0.5) is 10.1 Å². The van der Waals surface area contributed by atoms with Crippen molar-refractivity contribution >= 4 is 44.1 Å². The summed E-state index contributed by atoms with van der Waals surface area (Å²) >= 11 is 5.97. The van der Waals surface area contributed by atoms with Gasteiger partial charge in [-0.25, -0.2) is 21.7 Å². The van der Waals surface area contributed by atoms with E-state index in [4.69, 9.17) is 11.6 Å². The predicted octanol–water partition coefficient (Wildman–Crippen LogP) is 4.95. The van der Waals surface area contributed by atoms with Gasteiger partial charge in [0.05, 0.1) is 27.2 Å². The Kier molecular flexibility index (Phi) is 9.21. The quantitative estimate of drug-likeness (QED) is 0.340. The highest BCUT2D eigenvalue weighted by Crippen LogP contribution is 2.35. The molecule has 210 valence electrons. The molecule has 3 aromatic rings. The maximum Gasteiger partial charge on any atom is 0.250 e. The maximum atomic E-state index is 15.3. The van der Waals surface area contributed by atoms with E-state index in [0.29, 0.717) is 16.1 Å². The van der Waals surface area contributed by atoms with Crippen molar-refractivity contribution in [3.8, 4) is 11.1 Å². The standard InChI is InChI=1S/C27H31ClFN3O5S2/c1-7-39(36,37)31-24-13-20(21(12-23(24)29)26(34)17-8-10-18(28)11-9-17)22-15-32(6)25(33)14-19(22)16(2)30-38(35)27(3,4)5/h8-16,30-31H,7H2,1-6H3/t16-,38-/m0/s1. The normalized spacial score (nSPS) is 13.6. The van der Waals surface area contributed by atoms with Gasteiger partial charge < -0.3 is 4.57 Å². The molecular formula is C27H31ClFN3O5S2. The Morgan fingerprint density at radius 1 is 1.13 bits per heavy atom. The van der Waals surface area contributed by atoms with Gasteiger partial charge in [-0.05, 0) is 82.1 Å². The minimum absolute atomic E-state index is 0.0571. The van der Waals surface area contributed by atoms with Crippen molar-refractivity contribution in [2.24, 2.45) is 7.05 Å². The number of sulfonamides is 1. The fraction of sp³-hybridized carbons (Fsp3) is 0.333. The van der Waals surface area contributed by atoms with E-state index in [1.807, 2.05) is 0 Å². The van der Waals surface area contributed by atoms with Crippen LogP contribution in [-0.4, -0.2) is 33.5 Å². The van der Waals surface area contributed by atoms with Gasteiger partial charge in [0.1, 0.15) is 5.82 Å². The molecule has 0 aliphatic rings. The Morgan fingerprint density at radius 2 is 1.74 bits per heavy atom. The third-order valence-corrected chi connectivity index (χ3v) is 9.18. The minimum Gasteiger partial charge on any atom is -0.318 e. The smallest absolute Gasteiger partial charge is 0.250 e. The molecule has 2 N–H and O–H groups in total. The molecule has 0 unspecified atom stereocenters. The number of benzene rings is 2. The van der Waals surface area contributed by atoms with Crippen LogP contribution >= 0.6 is 11.6 Å². The fourth-order valence-corrected chi connectivity index (χ4v) is 5.25. The van der Waals surface area contributed by atoms with Crippen LogP contribution in [0.1, 0.15) is 62.1 Å². The molecule has 0 aliphatic heterocycles. The highest BCUT2D eigenvalue weighted by Gasteiger charge is 2.26. The van der Waals surface area contributed by atoms with Crippen molar-refractivity contribution in [2.75, 3.05) is 10.5 Å². The van der Waals surface area contributed by atoms with Crippen LogP contribution in [0.5, 0.6) is 0 Å². The van der Waals surface area contributed by atoms with Crippen LogP contribution in [0, 0.1) is 5.82 Å². The SMILES string of the molecule is CCS(=O)(=O)Nc1cc(-c2cn(C)c(=O)cc2[C@H](C)N[S@@](=O)C(C)(C)C)c(C(=O)c2ccc(Cl)cc2)cc1F. The topological polar surface area (TPSA) is 114 Å². The van der Waals surface area contributed by atoms with E-state index in [1.54, 1.807) is 27.7 Å². The van der Waals surface area contributed by atoms with Crippen molar-refractivity contribution in [1.82, 2.24) is 9.29 Å². The maximum absolute atomic E-state index is 15.3. The average molecular weight is 596 g/mol. The third kappa shape index (κ3) is 7.21. The molecule has 0 bridgehead atoms. The Hall–Kier alpha value is -2.86. The number of nitrogens with zero attached hydrogens (tertiary/aromatic N) is 1. The summed E-state index contributed by atoms with van der Waals surface area (Å²) in [4.78, 5) is 26.3. The highest BCUT2D eigenvalue weighted by atomic mass is 35.5. The first-order valence-corrected chi connectivity index (χ1v) is 15.3. The lowest BCUT2D eigenvalue weighted by Gasteiger charge is -2.24. The number of ketones is 1. The highest BCUT2D eigenvalue weighted by molar-refractivity contribution is 7.92. The number of rotatable bonds is 9. The molecule has 12 heteroatoms. The van der Waals surface area contributed by atoms with Crippen LogP contribution in [0.25, 0.3) is 11.1 Å².